The SMILES string of the molecule is COCCOCCCNc1c(C(=O)OC)cccc1[N+](=O)[O-]. The van der Waals surface area contributed by atoms with Crippen molar-refractivity contribution in [3.05, 3.63) is 33.9 Å². The maximum absolute atomic E-state index is 11.7. The van der Waals surface area contributed by atoms with Crippen LogP contribution in [-0.4, -0.2) is 51.5 Å². The number of esters is 1. The fourth-order valence-electron chi connectivity index (χ4n) is 1.79. The monoisotopic (exact) mass is 312 g/mol. The van der Waals surface area contributed by atoms with Crippen molar-refractivity contribution >= 4 is 17.3 Å². The largest absolute Gasteiger partial charge is 0.465 e. The minimum absolute atomic E-state index is 0.136. The first-order valence-corrected chi connectivity index (χ1v) is 6.78. The zero-order valence-electron chi connectivity index (χ0n) is 12.7. The molecule has 0 atom stereocenters. The van der Waals surface area contributed by atoms with E-state index in [1.165, 1.54) is 25.3 Å². The summed E-state index contributed by atoms with van der Waals surface area (Å²) in [6.07, 6.45) is 0.635. The summed E-state index contributed by atoms with van der Waals surface area (Å²) in [6, 6.07) is 4.27. The Kier molecular flexibility index (Phi) is 7.87. The minimum Gasteiger partial charge on any atom is -0.465 e. The Morgan fingerprint density at radius 3 is 2.68 bits per heavy atom. The highest BCUT2D eigenvalue weighted by Crippen LogP contribution is 2.28. The normalized spacial score (nSPS) is 10.3. The van der Waals surface area contributed by atoms with Crippen molar-refractivity contribution in [1.29, 1.82) is 0 Å². The number of hydrogen-bond donors (Lipinski definition) is 1. The Bertz CT molecular complexity index is 506. The molecule has 0 aromatic heterocycles. The van der Waals surface area contributed by atoms with E-state index in [4.69, 9.17) is 9.47 Å². The van der Waals surface area contributed by atoms with Gasteiger partial charge in [-0.2, -0.15) is 0 Å². The number of methoxy groups -OCH3 is 2. The first-order chi connectivity index (χ1) is 10.6. The van der Waals surface area contributed by atoms with Crippen molar-refractivity contribution in [2.75, 3.05) is 45.9 Å². The van der Waals surface area contributed by atoms with Gasteiger partial charge in [-0.1, -0.05) is 6.07 Å². The van der Waals surface area contributed by atoms with Gasteiger partial charge in [-0.05, 0) is 12.5 Å². The summed E-state index contributed by atoms with van der Waals surface area (Å²) in [5.74, 6) is -0.623. The molecule has 0 aliphatic carbocycles. The molecular weight excluding hydrogens is 292 g/mol. The van der Waals surface area contributed by atoms with Crippen LogP contribution in [0.1, 0.15) is 16.8 Å². The molecule has 0 saturated carbocycles. The van der Waals surface area contributed by atoms with Gasteiger partial charge in [-0.15, -0.1) is 0 Å². The van der Waals surface area contributed by atoms with Crippen molar-refractivity contribution in [3.63, 3.8) is 0 Å². The van der Waals surface area contributed by atoms with Crippen LogP contribution in [0.2, 0.25) is 0 Å². The molecule has 0 aliphatic rings. The summed E-state index contributed by atoms with van der Waals surface area (Å²) in [7, 11) is 2.82. The Hall–Kier alpha value is -2.19. The number of carbonyl (C=O) groups is 1. The molecule has 0 amide bonds. The molecule has 0 aliphatic heterocycles. The molecule has 1 aromatic rings. The van der Waals surface area contributed by atoms with Crippen LogP contribution < -0.4 is 5.32 Å². The predicted octanol–water partition coefficient (Wildman–Crippen LogP) is 1.85. The fraction of sp³-hybridized carbons (Fsp3) is 0.500. The zero-order chi connectivity index (χ0) is 16.4. The van der Waals surface area contributed by atoms with E-state index in [2.05, 4.69) is 10.1 Å². The minimum atomic E-state index is -0.623. The molecule has 0 spiro atoms. The van der Waals surface area contributed by atoms with E-state index in [0.29, 0.717) is 32.8 Å². The Morgan fingerprint density at radius 2 is 2.05 bits per heavy atom. The summed E-state index contributed by atoms with van der Waals surface area (Å²) >= 11 is 0. The van der Waals surface area contributed by atoms with Gasteiger partial charge in [0.2, 0.25) is 0 Å². The molecule has 22 heavy (non-hydrogen) atoms. The first-order valence-electron chi connectivity index (χ1n) is 6.78. The van der Waals surface area contributed by atoms with Gasteiger partial charge in [0, 0.05) is 26.3 Å². The summed E-state index contributed by atoms with van der Waals surface area (Å²) in [5, 5.41) is 14.0. The van der Waals surface area contributed by atoms with Crippen molar-refractivity contribution in [2.45, 2.75) is 6.42 Å². The molecule has 0 bridgehead atoms. The standard InChI is InChI=1S/C14H20N2O6/c1-20-9-10-22-8-4-7-15-13-11(14(17)21-2)5-3-6-12(13)16(18)19/h3,5-6,15H,4,7-10H2,1-2H3. The number of benzene rings is 1. The maximum atomic E-state index is 11.7. The number of nitro benzene ring substituents is 1. The third-order valence-electron chi connectivity index (χ3n) is 2.84. The topological polar surface area (TPSA) is 99.9 Å². The van der Waals surface area contributed by atoms with Crippen LogP contribution in [0, 0.1) is 10.1 Å². The van der Waals surface area contributed by atoms with Crippen molar-refractivity contribution in [3.8, 4) is 0 Å². The van der Waals surface area contributed by atoms with E-state index in [-0.39, 0.29) is 16.9 Å². The summed E-state index contributed by atoms with van der Waals surface area (Å²) in [6.45, 7) is 1.94. The third kappa shape index (κ3) is 5.30. The van der Waals surface area contributed by atoms with Crippen LogP contribution >= 0.6 is 0 Å². The van der Waals surface area contributed by atoms with Crippen LogP contribution in [0.25, 0.3) is 0 Å². The highest BCUT2D eigenvalue weighted by Gasteiger charge is 2.21. The van der Waals surface area contributed by atoms with Crippen molar-refractivity contribution in [1.82, 2.24) is 0 Å². The zero-order valence-corrected chi connectivity index (χ0v) is 12.7. The molecule has 1 aromatic carbocycles. The average Bonchev–Trinajstić information content (AvgIpc) is 2.53. The summed E-state index contributed by atoms with van der Waals surface area (Å²) in [5.41, 5.74) is 0.136. The molecule has 1 N–H and O–H groups in total. The number of para-hydroxylation sites is 1. The number of nitrogens with zero attached hydrogens (tertiary/aromatic N) is 1. The van der Waals surface area contributed by atoms with Crippen LogP contribution in [0.3, 0.4) is 0 Å². The number of nitrogens with one attached hydrogen (secondary N) is 1. The van der Waals surface area contributed by atoms with Crippen LogP contribution in [0.4, 0.5) is 11.4 Å². The van der Waals surface area contributed by atoms with Crippen molar-refractivity contribution < 1.29 is 23.9 Å². The molecule has 8 heteroatoms. The second kappa shape index (κ2) is 9.69. The van der Waals surface area contributed by atoms with Crippen LogP contribution in [0.15, 0.2) is 18.2 Å². The molecule has 0 saturated heterocycles. The lowest BCUT2D eigenvalue weighted by atomic mass is 10.1. The van der Waals surface area contributed by atoms with Gasteiger partial charge in [0.1, 0.15) is 5.69 Å². The average molecular weight is 312 g/mol. The lowest BCUT2D eigenvalue weighted by Crippen LogP contribution is -2.13. The van der Waals surface area contributed by atoms with Gasteiger partial charge in [0.05, 0.1) is 30.8 Å². The van der Waals surface area contributed by atoms with Crippen LogP contribution in [-0.2, 0) is 14.2 Å². The molecule has 0 heterocycles. The Labute approximate surface area is 128 Å². The maximum Gasteiger partial charge on any atom is 0.340 e. The Balaban J connectivity index is 2.66. The molecule has 8 nitrogen and oxygen atoms in total. The van der Waals surface area contributed by atoms with E-state index in [9.17, 15) is 14.9 Å². The number of anilines is 1. The molecule has 0 unspecified atom stereocenters. The lowest BCUT2D eigenvalue weighted by molar-refractivity contribution is -0.384. The van der Waals surface area contributed by atoms with E-state index >= 15 is 0 Å². The first kappa shape index (κ1) is 17.9. The number of nitro groups is 1. The second-order valence-electron chi connectivity index (χ2n) is 4.33. The molecule has 0 fully saturated rings. The van der Waals surface area contributed by atoms with Gasteiger partial charge in [-0.3, -0.25) is 10.1 Å². The fourth-order valence-corrected chi connectivity index (χ4v) is 1.79. The van der Waals surface area contributed by atoms with E-state index < -0.39 is 10.9 Å². The van der Waals surface area contributed by atoms with Gasteiger partial charge in [0.15, 0.2) is 0 Å². The van der Waals surface area contributed by atoms with Gasteiger partial charge in [0.25, 0.3) is 5.69 Å². The van der Waals surface area contributed by atoms with Gasteiger partial charge >= 0.3 is 5.97 Å². The van der Waals surface area contributed by atoms with Crippen LogP contribution in [0.5, 0.6) is 0 Å². The summed E-state index contributed by atoms with van der Waals surface area (Å²) < 4.78 is 14.8. The van der Waals surface area contributed by atoms with Gasteiger partial charge < -0.3 is 19.5 Å². The Morgan fingerprint density at radius 1 is 1.27 bits per heavy atom. The molecule has 1 rings (SSSR count). The number of hydrogen-bond acceptors (Lipinski definition) is 7. The summed E-state index contributed by atoms with van der Waals surface area (Å²) in [4.78, 5) is 22.2. The number of rotatable bonds is 10. The molecule has 0 radical (unpaired) electrons. The smallest absolute Gasteiger partial charge is 0.340 e. The second-order valence-corrected chi connectivity index (χ2v) is 4.33. The molecule has 122 valence electrons. The molecular formula is C14H20N2O6. The van der Waals surface area contributed by atoms with E-state index in [1.54, 1.807) is 7.11 Å². The number of ether oxygens (including phenoxy) is 3. The highest BCUT2D eigenvalue weighted by atomic mass is 16.6. The van der Waals surface area contributed by atoms with Gasteiger partial charge in [-0.25, -0.2) is 4.79 Å². The van der Waals surface area contributed by atoms with Crippen molar-refractivity contribution in [2.24, 2.45) is 0 Å². The highest BCUT2D eigenvalue weighted by molar-refractivity contribution is 5.98. The predicted molar refractivity (Wildman–Crippen MR) is 80.2 cm³/mol. The third-order valence-corrected chi connectivity index (χ3v) is 2.84. The lowest BCUT2D eigenvalue weighted by Gasteiger charge is -2.11. The quantitative estimate of drug-likeness (QED) is 0.304. The van der Waals surface area contributed by atoms with E-state index in [0.717, 1.165) is 0 Å². The number of carbonyl (C=O) groups excluding carboxylic acids is 1. The van der Waals surface area contributed by atoms with E-state index in [1.807, 2.05) is 0 Å².